The first-order chi connectivity index (χ1) is 9.22. The zero-order valence-electron chi connectivity index (χ0n) is 10.3. The maximum Gasteiger partial charge on any atom is 0.138 e. The summed E-state index contributed by atoms with van der Waals surface area (Å²) in [5, 5.41) is 9.08. The number of hydrogen-bond donors (Lipinski definition) is 1. The van der Waals surface area contributed by atoms with Gasteiger partial charge in [0, 0.05) is 16.6 Å². The van der Waals surface area contributed by atoms with E-state index in [4.69, 9.17) is 15.7 Å². The van der Waals surface area contributed by atoms with E-state index in [1.807, 2.05) is 36.4 Å². The predicted octanol–water partition coefficient (Wildman–Crippen LogP) is 3.52. The highest BCUT2D eigenvalue weighted by Gasteiger charge is 2.07. The van der Waals surface area contributed by atoms with Crippen LogP contribution in [0, 0.1) is 11.3 Å². The average molecular weight is 317 g/mol. The Morgan fingerprint density at radius 2 is 1.95 bits per heavy atom. The number of nitrogens with two attached hydrogens (primary N) is 1. The van der Waals surface area contributed by atoms with Crippen LogP contribution in [-0.4, -0.2) is 6.61 Å². The minimum atomic E-state index is 0.485. The summed E-state index contributed by atoms with van der Waals surface area (Å²) in [6.07, 6.45) is 0.712. The van der Waals surface area contributed by atoms with E-state index in [1.54, 1.807) is 6.07 Å². The Hall–Kier alpha value is -1.99. The SMILES string of the molecule is N#Cc1c(Br)cccc1OCCc1ccccc1N. The lowest BCUT2D eigenvalue weighted by Crippen LogP contribution is -2.04. The van der Waals surface area contributed by atoms with Crippen molar-refractivity contribution in [2.45, 2.75) is 6.42 Å². The van der Waals surface area contributed by atoms with Gasteiger partial charge in [0.25, 0.3) is 0 Å². The molecule has 4 heteroatoms. The molecule has 0 spiro atoms. The molecule has 0 fully saturated rings. The van der Waals surface area contributed by atoms with E-state index in [0.29, 0.717) is 24.3 Å². The molecular formula is C15H13BrN2O. The fourth-order valence-corrected chi connectivity index (χ4v) is 2.20. The summed E-state index contributed by atoms with van der Waals surface area (Å²) < 4.78 is 6.40. The topological polar surface area (TPSA) is 59.0 Å². The van der Waals surface area contributed by atoms with E-state index in [9.17, 15) is 0 Å². The zero-order valence-corrected chi connectivity index (χ0v) is 11.9. The molecule has 0 saturated heterocycles. The van der Waals surface area contributed by atoms with Crippen molar-refractivity contribution >= 4 is 21.6 Å². The van der Waals surface area contributed by atoms with E-state index in [2.05, 4.69) is 22.0 Å². The molecule has 96 valence electrons. The minimum Gasteiger partial charge on any atom is -0.492 e. The van der Waals surface area contributed by atoms with Crippen LogP contribution in [0.5, 0.6) is 5.75 Å². The number of halogens is 1. The van der Waals surface area contributed by atoms with Gasteiger partial charge in [-0.05, 0) is 39.7 Å². The van der Waals surface area contributed by atoms with Crippen molar-refractivity contribution in [3.8, 4) is 11.8 Å². The molecule has 0 aliphatic rings. The van der Waals surface area contributed by atoms with Crippen LogP contribution in [0.25, 0.3) is 0 Å². The van der Waals surface area contributed by atoms with Crippen LogP contribution in [-0.2, 0) is 6.42 Å². The Bertz CT molecular complexity index is 620. The number of benzene rings is 2. The fourth-order valence-electron chi connectivity index (χ4n) is 1.77. The second-order valence-electron chi connectivity index (χ2n) is 4.02. The predicted molar refractivity (Wildman–Crippen MR) is 78.9 cm³/mol. The first kappa shape index (κ1) is 13.4. The molecule has 0 radical (unpaired) electrons. The summed E-state index contributed by atoms with van der Waals surface area (Å²) >= 11 is 3.33. The lowest BCUT2D eigenvalue weighted by molar-refractivity contribution is 0.321. The molecule has 0 heterocycles. The van der Waals surface area contributed by atoms with E-state index < -0.39 is 0 Å². The Morgan fingerprint density at radius 1 is 1.16 bits per heavy atom. The van der Waals surface area contributed by atoms with E-state index in [0.717, 1.165) is 15.7 Å². The van der Waals surface area contributed by atoms with Crippen LogP contribution < -0.4 is 10.5 Å². The van der Waals surface area contributed by atoms with Gasteiger partial charge in [0.1, 0.15) is 17.4 Å². The van der Waals surface area contributed by atoms with Crippen molar-refractivity contribution in [1.82, 2.24) is 0 Å². The van der Waals surface area contributed by atoms with Crippen molar-refractivity contribution in [3.63, 3.8) is 0 Å². The number of nitrogens with zero attached hydrogens (tertiary/aromatic N) is 1. The van der Waals surface area contributed by atoms with Gasteiger partial charge < -0.3 is 10.5 Å². The maximum atomic E-state index is 9.08. The van der Waals surface area contributed by atoms with Gasteiger partial charge in [-0.2, -0.15) is 5.26 Å². The van der Waals surface area contributed by atoms with Gasteiger partial charge in [-0.15, -0.1) is 0 Å². The van der Waals surface area contributed by atoms with E-state index in [1.165, 1.54) is 0 Å². The molecule has 0 bridgehead atoms. The van der Waals surface area contributed by atoms with Crippen LogP contribution in [0.1, 0.15) is 11.1 Å². The summed E-state index contributed by atoms with van der Waals surface area (Å²) in [7, 11) is 0. The molecule has 2 aromatic rings. The van der Waals surface area contributed by atoms with Crippen molar-refractivity contribution < 1.29 is 4.74 Å². The first-order valence-corrected chi connectivity index (χ1v) is 6.66. The molecular weight excluding hydrogens is 304 g/mol. The molecule has 0 aliphatic carbocycles. The number of hydrogen-bond acceptors (Lipinski definition) is 3. The Kier molecular flexibility index (Phi) is 4.43. The zero-order chi connectivity index (χ0) is 13.7. The Labute approximate surface area is 120 Å². The lowest BCUT2D eigenvalue weighted by atomic mass is 10.1. The molecule has 0 aromatic heterocycles. The summed E-state index contributed by atoms with van der Waals surface area (Å²) in [5.41, 5.74) is 8.20. The van der Waals surface area contributed by atoms with Crippen LogP contribution in [0.15, 0.2) is 46.9 Å². The molecule has 19 heavy (non-hydrogen) atoms. The van der Waals surface area contributed by atoms with Crippen LogP contribution >= 0.6 is 15.9 Å². The highest BCUT2D eigenvalue weighted by molar-refractivity contribution is 9.10. The monoisotopic (exact) mass is 316 g/mol. The molecule has 0 saturated carbocycles. The summed E-state index contributed by atoms with van der Waals surface area (Å²) in [4.78, 5) is 0. The van der Waals surface area contributed by atoms with Gasteiger partial charge in [-0.1, -0.05) is 24.3 Å². The summed E-state index contributed by atoms with van der Waals surface area (Å²) in [6, 6.07) is 15.3. The number of ether oxygens (including phenoxy) is 1. The number of rotatable bonds is 4. The number of nitrogen functional groups attached to an aromatic ring is 1. The van der Waals surface area contributed by atoms with E-state index >= 15 is 0 Å². The second-order valence-corrected chi connectivity index (χ2v) is 4.88. The molecule has 2 N–H and O–H groups in total. The second kappa shape index (κ2) is 6.26. The van der Waals surface area contributed by atoms with Crippen molar-refractivity contribution in [1.29, 1.82) is 5.26 Å². The number of nitriles is 1. The van der Waals surface area contributed by atoms with Crippen molar-refractivity contribution in [2.75, 3.05) is 12.3 Å². The summed E-state index contributed by atoms with van der Waals surface area (Å²) in [5.74, 6) is 0.589. The van der Waals surface area contributed by atoms with Crippen molar-refractivity contribution in [2.24, 2.45) is 0 Å². The van der Waals surface area contributed by atoms with Gasteiger partial charge in [0.05, 0.1) is 6.61 Å². The van der Waals surface area contributed by atoms with Crippen molar-refractivity contribution in [3.05, 3.63) is 58.1 Å². The summed E-state index contributed by atoms with van der Waals surface area (Å²) in [6.45, 7) is 0.485. The molecule has 0 amide bonds. The molecule has 0 aliphatic heterocycles. The molecule has 0 atom stereocenters. The Morgan fingerprint density at radius 3 is 2.68 bits per heavy atom. The quantitative estimate of drug-likeness (QED) is 0.878. The van der Waals surface area contributed by atoms with Gasteiger partial charge in [0.2, 0.25) is 0 Å². The minimum absolute atomic E-state index is 0.485. The lowest BCUT2D eigenvalue weighted by Gasteiger charge is -2.09. The third-order valence-corrected chi connectivity index (χ3v) is 3.43. The van der Waals surface area contributed by atoms with Crippen LogP contribution in [0.4, 0.5) is 5.69 Å². The fraction of sp³-hybridized carbons (Fsp3) is 0.133. The Balaban J connectivity index is 2.03. The smallest absolute Gasteiger partial charge is 0.138 e. The third-order valence-electron chi connectivity index (χ3n) is 2.77. The number of anilines is 1. The standard InChI is InChI=1S/C15H13BrN2O/c16-13-5-3-7-15(12(13)10-17)19-9-8-11-4-1-2-6-14(11)18/h1-7H,8-9,18H2. The maximum absolute atomic E-state index is 9.08. The third kappa shape index (κ3) is 3.27. The highest BCUT2D eigenvalue weighted by atomic mass is 79.9. The van der Waals surface area contributed by atoms with Gasteiger partial charge in [0.15, 0.2) is 0 Å². The highest BCUT2D eigenvalue weighted by Crippen LogP contribution is 2.26. The van der Waals surface area contributed by atoms with Gasteiger partial charge in [-0.25, -0.2) is 0 Å². The molecule has 2 aromatic carbocycles. The average Bonchev–Trinajstić information content (AvgIpc) is 2.41. The normalized spacial score (nSPS) is 9.89. The first-order valence-electron chi connectivity index (χ1n) is 5.87. The van der Waals surface area contributed by atoms with Gasteiger partial charge >= 0.3 is 0 Å². The van der Waals surface area contributed by atoms with Crippen LogP contribution in [0.3, 0.4) is 0 Å². The molecule has 2 rings (SSSR count). The number of para-hydroxylation sites is 1. The van der Waals surface area contributed by atoms with Gasteiger partial charge in [-0.3, -0.25) is 0 Å². The molecule has 3 nitrogen and oxygen atoms in total. The van der Waals surface area contributed by atoms with E-state index in [-0.39, 0.29) is 0 Å². The van der Waals surface area contributed by atoms with Crippen LogP contribution in [0.2, 0.25) is 0 Å². The largest absolute Gasteiger partial charge is 0.492 e. The molecule has 0 unspecified atom stereocenters.